The number of benzene rings is 1. The van der Waals surface area contributed by atoms with Gasteiger partial charge in [-0.05, 0) is 6.92 Å². The van der Waals surface area contributed by atoms with Gasteiger partial charge in [0.15, 0.2) is 0 Å². The van der Waals surface area contributed by atoms with Crippen LogP contribution in [0.1, 0.15) is 11.1 Å². The summed E-state index contributed by atoms with van der Waals surface area (Å²) in [5.74, 6) is 0. The average molecular weight is 246 g/mol. The van der Waals surface area contributed by atoms with Crippen LogP contribution in [0, 0.1) is 6.92 Å². The van der Waals surface area contributed by atoms with E-state index in [1.807, 2.05) is 6.92 Å². The molecule has 0 amide bonds. The summed E-state index contributed by atoms with van der Waals surface area (Å²) in [7, 11) is 0. The van der Waals surface area contributed by atoms with Gasteiger partial charge in [-0.3, -0.25) is 9.97 Å². The Morgan fingerprint density at radius 2 is 1.75 bits per heavy atom. The van der Waals surface area contributed by atoms with Gasteiger partial charge in [0.2, 0.25) is 0 Å². The first kappa shape index (κ1) is 9.68. The lowest BCUT2D eigenvalue weighted by Crippen LogP contribution is -1.94. The zero-order valence-corrected chi connectivity index (χ0v) is 9.97. The Morgan fingerprint density at radius 3 is 2.50 bits per heavy atom. The number of nitrogens with zero attached hydrogens (tertiary/aromatic N) is 4. The molecule has 2 aromatic heterocycles. The third kappa shape index (κ3) is 1.17. The lowest BCUT2D eigenvalue weighted by Gasteiger charge is -2.03. The fourth-order valence-corrected chi connectivity index (χ4v) is 2.59. The summed E-state index contributed by atoms with van der Waals surface area (Å²) >= 11 is 6.21. The summed E-state index contributed by atoms with van der Waals surface area (Å²) in [4.78, 5) is 8.65. The van der Waals surface area contributed by atoms with E-state index in [2.05, 4.69) is 18.7 Å². The summed E-state index contributed by atoms with van der Waals surface area (Å²) in [5.41, 5.74) is 5.19. The second kappa shape index (κ2) is 3.50. The van der Waals surface area contributed by atoms with E-state index in [1.165, 1.54) is 11.7 Å². The van der Waals surface area contributed by atoms with E-state index in [1.54, 1.807) is 17.8 Å². The van der Waals surface area contributed by atoms with Gasteiger partial charge >= 0.3 is 0 Å². The third-order valence-electron chi connectivity index (χ3n) is 2.53. The maximum atomic E-state index is 5.03. The monoisotopic (exact) mass is 246 g/mol. The highest BCUT2D eigenvalue weighted by Crippen LogP contribution is 2.27. The van der Waals surface area contributed by atoms with Crippen molar-refractivity contribution in [2.24, 2.45) is 0 Å². The SMILES string of the molecule is Cc1c2nccnc2c(C=S)c2nsnc12. The molecule has 0 aliphatic carbocycles. The molecule has 0 spiro atoms. The Balaban J connectivity index is 2.69. The normalized spacial score (nSPS) is 11.1. The number of rotatable bonds is 1. The molecule has 0 aliphatic heterocycles. The highest BCUT2D eigenvalue weighted by Gasteiger charge is 2.14. The standard InChI is InChI=1S/C10H6N4S2/c1-5-7-9(12-3-2-11-7)6(4-15)10-8(5)13-16-14-10/h2-4H,1H3. The van der Waals surface area contributed by atoms with Gasteiger partial charge < -0.3 is 0 Å². The van der Waals surface area contributed by atoms with Gasteiger partial charge in [-0.1, -0.05) is 12.2 Å². The van der Waals surface area contributed by atoms with Crippen molar-refractivity contribution in [1.82, 2.24) is 18.7 Å². The highest BCUT2D eigenvalue weighted by molar-refractivity contribution is 7.79. The van der Waals surface area contributed by atoms with Crippen LogP contribution in [0.4, 0.5) is 0 Å². The van der Waals surface area contributed by atoms with Crippen molar-refractivity contribution in [3.63, 3.8) is 0 Å². The molecule has 6 heteroatoms. The first-order valence-electron chi connectivity index (χ1n) is 4.63. The molecule has 1 aromatic carbocycles. The van der Waals surface area contributed by atoms with Crippen LogP contribution >= 0.6 is 23.9 Å². The van der Waals surface area contributed by atoms with E-state index in [-0.39, 0.29) is 0 Å². The molecule has 0 bridgehead atoms. The Hall–Kier alpha value is -1.53. The van der Waals surface area contributed by atoms with Gasteiger partial charge in [-0.25, -0.2) is 0 Å². The third-order valence-corrected chi connectivity index (χ3v) is 3.29. The Morgan fingerprint density at radius 1 is 1.06 bits per heavy atom. The van der Waals surface area contributed by atoms with Gasteiger partial charge in [0.1, 0.15) is 11.0 Å². The van der Waals surface area contributed by atoms with Gasteiger partial charge in [-0.2, -0.15) is 8.75 Å². The molecule has 3 rings (SSSR count). The number of aromatic nitrogens is 4. The summed E-state index contributed by atoms with van der Waals surface area (Å²) in [6.45, 7) is 1.98. The van der Waals surface area contributed by atoms with E-state index in [4.69, 9.17) is 12.2 Å². The lowest BCUT2D eigenvalue weighted by molar-refractivity contribution is 1.28. The smallest absolute Gasteiger partial charge is 0.115 e. The van der Waals surface area contributed by atoms with Gasteiger partial charge in [0.05, 0.1) is 22.8 Å². The summed E-state index contributed by atoms with van der Waals surface area (Å²) in [6.07, 6.45) is 3.34. The summed E-state index contributed by atoms with van der Waals surface area (Å²) in [5, 5.41) is 1.60. The van der Waals surface area contributed by atoms with E-state index in [9.17, 15) is 0 Å². The van der Waals surface area contributed by atoms with E-state index in [0.717, 1.165) is 33.2 Å². The van der Waals surface area contributed by atoms with Crippen molar-refractivity contribution in [2.45, 2.75) is 6.92 Å². The Bertz CT molecular complexity index is 704. The van der Waals surface area contributed by atoms with Crippen molar-refractivity contribution in [2.75, 3.05) is 0 Å². The molecule has 4 nitrogen and oxygen atoms in total. The molecule has 3 aromatic rings. The van der Waals surface area contributed by atoms with Crippen molar-refractivity contribution >= 4 is 51.4 Å². The first-order chi connectivity index (χ1) is 7.83. The highest BCUT2D eigenvalue weighted by atomic mass is 32.1. The molecule has 0 N–H and O–H groups in total. The largest absolute Gasteiger partial charge is 0.253 e. The topological polar surface area (TPSA) is 51.6 Å². The summed E-state index contributed by atoms with van der Waals surface area (Å²) in [6, 6.07) is 0. The predicted molar refractivity (Wildman–Crippen MR) is 68.0 cm³/mol. The molecule has 0 fully saturated rings. The van der Waals surface area contributed by atoms with Crippen LogP contribution in [0.3, 0.4) is 0 Å². The van der Waals surface area contributed by atoms with Crippen molar-refractivity contribution < 1.29 is 0 Å². The van der Waals surface area contributed by atoms with Crippen LogP contribution < -0.4 is 0 Å². The minimum absolute atomic E-state index is 0.801. The zero-order chi connectivity index (χ0) is 11.1. The van der Waals surface area contributed by atoms with Crippen LogP contribution in [0.5, 0.6) is 0 Å². The van der Waals surface area contributed by atoms with Crippen molar-refractivity contribution in [1.29, 1.82) is 0 Å². The van der Waals surface area contributed by atoms with E-state index in [0.29, 0.717) is 0 Å². The zero-order valence-electron chi connectivity index (χ0n) is 8.34. The summed E-state index contributed by atoms with van der Waals surface area (Å²) < 4.78 is 8.54. The van der Waals surface area contributed by atoms with Crippen LogP contribution in [-0.2, 0) is 0 Å². The number of aryl methyl sites for hydroxylation is 1. The molecular weight excluding hydrogens is 240 g/mol. The quantitative estimate of drug-likeness (QED) is 0.617. The van der Waals surface area contributed by atoms with Crippen LogP contribution in [0.15, 0.2) is 12.4 Å². The number of hydrogen-bond donors (Lipinski definition) is 0. The number of hydrogen-bond acceptors (Lipinski definition) is 6. The predicted octanol–water partition coefficient (Wildman–Crippen LogP) is 2.29. The maximum Gasteiger partial charge on any atom is 0.115 e. The molecule has 0 aliphatic rings. The molecule has 0 radical (unpaired) electrons. The first-order valence-corrected chi connectivity index (χ1v) is 5.84. The molecule has 0 saturated heterocycles. The van der Waals surface area contributed by atoms with Crippen molar-refractivity contribution in [3.05, 3.63) is 23.5 Å². The Kier molecular flexibility index (Phi) is 2.12. The molecule has 2 heterocycles. The lowest BCUT2D eigenvalue weighted by atomic mass is 10.1. The van der Waals surface area contributed by atoms with Gasteiger partial charge in [0.25, 0.3) is 0 Å². The van der Waals surface area contributed by atoms with Crippen LogP contribution in [0.25, 0.3) is 22.1 Å². The fraction of sp³-hybridized carbons (Fsp3) is 0.100. The second-order valence-corrected chi connectivity index (χ2v) is 4.14. The van der Waals surface area contributed by atoms with Crippen LogP contribution in [-0.4, -0.2) is 24.1 Å². The minimum atomic E-state index is 0.801. The Labute approximate surface area is 101 Å². The molecule has 0 atom stereocenters. The van der Waals surface area contributed by atoms with Crippen molar-refractivity contribution in [3.8, 4) is 0 Å². The maximum absolute atomic E-state index is 5.03. The molecule has 0 saturated carbocycles. The number of thiocarbonyl (C=S) groups is 1. The van der Waals surface area contributed by atoms with E-state index >= 15 is 0 Å². The average Bonchev–Trinajstić information content (AvgIpc) is 2.79. The molecule has 0 unspecified atom stereocenters. The second-order valence-electron chi connectivity index (χ2n) is 3.37. The molecular formula is C10H6N4S2. The molecule has 78 valence electrons. The van der Waals surface area contributed by atoms with Gasteiger partial charge in [0, 0.05) is 28.9 Å². The molecule has 16 heavy (non-hydrogen) atoms. The number of fused-ring (bicyclic) bond motifs is 2. The minimum Gasteiger partial charge on any atom is -0.253 e. The van der Waals surface area contributed by atoms with Crippen LogP contribution in [0.2, 0.25) is 0 Å². The van der Waals surface area contributed by atoms with Gasteiger partial charge in [-0.15, -0.1) is 0 Å². The fourth-order valence-electron chi connectivity index (χ4n) is 1.76. The van der Waals surface area contributed by atoms with E-state index < -0.39 is 0 Å².